The summed E-state index contributed by atoms with van der Waals surface area (Å²) in [6.45, 7) is 5.00. The second-order valence-corrected chi connectivity index (χ2v) is 6.21. The molecule has 1 aromatic carbocycles. The van der Waals surface area contributed by atoms with Gasteiger partial charge in [-0.15, -0.1) is 0 Å². The molecule has 0 saturated heterocycles. The van der Waals surface area contributed by atoms with E-state index in [1.807, 2.05) is 24.4 Å². The molecule has 4 heteroatoms. The Hall–Kier alpha value is -1.94. The normalized spacial score (nSPS) is 13.9. The number of nitrogens with zero attached hydrogens (tertiary/aromatic N) is 3. The predicted molar refractivity (Wildman–Crippen MR) is 94.9 cm³/mol. The van der Waals surface area contributed by atoms with Crippen molar-refractivity contribution in [1.82, 2.24) is 4.98 Å². The van der Waals surface area contributed by atoms with Gasteiger partial charge in [-0.3, -0.25) is 9.98 Å². The number of pyridine rings is 1. The first kappa shape index (κ1) is 15.0. The largest absolute Gasteiger partial charge is 0.260 e. The maximum Gasteiger partial charge on any atom is 0.183 e. The molecule has 2 aromatic rings. The van der Waals surface area contributed by atoms with E-state index >= 15 is 0 Å². The summed E-state index contributed by atoms with van der Waals surface area (Å²) >= 11 is 1.65. The molecule has 1 aliphatic heterocycles. The molecule has 0 aliphatic carbocycles. The van der Waals surface area contributed by atoms with Crippen LogP contribution in [0.25, 0.3) is 0 Å². The van der Waals surface area contributed by atoms with Crippen LogP contribution in [0.3, 0.4) is 0 Å². The minimum atomic E-state index is 0.677. The third kappa shape index (κ3) is 3.45. The first-order valence-corrected chi connectivity index (χ1v) is 8.49. The van der Waals surface area contributed by atoms with Crippen molar-refractivity contribution in [1.29, 1.82) is 0 Å². The molecule has 3 rings (SSSR count). The number of thioether (sulfide) groups is 1. The number of aromatic nitrogens is 1. The molecule has 1 aromatic heterocycles. The fourth-order valence-electron chi connectivity index (χ4n) is 2.44. The fraction of sp³-hybridized carbons (Fsp3) is 0.278. The van der Waals surface area contributed by atoms with Crippen molar-refractivity contribution in [3.63, 3.8) is 0 Å². The highest BCUT2D eigenvalue weighted by molar-refractivity contribution is 8.13. The average molecular weight is 309 g/mol. The van der Waals surface area contributed by atoms with Gasteiger partial charge < -0.3 is 0 Å². The van der Waals surface area contributed by atoms with Crippen LogP contribution in [-0.4, -0.2) is 22.4 Å². The Morgan fingerprint density at radius 3 is 2.82 bits per heavy atom. The van der Waals surface area contributed by atoms with E-state index in [9.17, 15) is 0 Å². The standard InChI is InChI=1S/C18H19N3S/c1-3-14-7-8-16(13(2)10-14)17-11-20-18(21-17)22-12-15-6-4-5-9-19-15/h4-10H,3,11-12H2,1-2H3. The van der Waals surface area contributed by atoms with Gasteiger partial charge >= 0.3 is 0 Å². The fourth-order valence-corrected chi connectivity index (χ4v) is 3.22. The van der Waals surface area contributed by atoms with Crippen LogP contribution in [0.4, 0.5) is 0 Å². The van der Waals surface area contributed by atoms with Crippen molar-refractivity contribution in [2.45, 2.75) is 26.0 Å². The zero-order chi connectivity index (χ0) is 15.4. The Bertz CT molecular complexity index is 720. The second-order valence-electron chi connectivity index (χ2n) is 5.27. The lowest BCUT2D eigenvalue weighted by molar-refractivity contribution is 1.13. The van der Waals surface area contributed by atoms with Crippen molar-refractivity contribution in [2.24, 2.45) is 9.98 Å². The molecule has 0 unspecified atom stereocenters. The minimum absolute atomic E-state index is 0.677. The van der Waals surface area contributed by atoms with E-state index in [1.165, 1.54) is 16.7 Å². The molecule has 3 nitrogen and oxygen atoms in total. The van der Waals surface area contributed by atoms with Crippen LogP contribution in [0.1, 0.15) is 29.3 Å². The van der Waals surface area contributed by atoms with E-state index < -0.39 is 0 Å². The zero-order valence-corrected chi connectivity index (χ0v) is 13.7. The van der Waals surface area contributed by atoms with Crippen LogP contribution in [0.15, 0.2) is 52.6 Å². The quantitative estimate of drug-likeness (QED) is 0.854. The Morgan fingerprint density at radius 2 is 2.09 bits per heavy atom. The van der Waals surface area contributed by atoms with Crippen molar-refractivity contribution >= 4 is 22.6 Å². The summed E-state index contributed by atoms with van der Waals surface area (Å²) in [5.41, 5.74) is 6.00. The lowest BCUT2D eigenvalue weighted by atomic mass is 10.0. The summed E-state index contributed by atoms with van der Waals surface area (Å²) in [6.07, 6.45) is 2.88. The van der Waals surface area contributed by atoms with Gasteiger partial charge in [0.15, 0.2) is 5.17 Å². The van der Waals surface area contributed by atoms with E-state index in [2.05, 4.69) is 42.0 Å². The topological polar surface area (TPSA) is 37.6 Å². The number of rotatable bonds is 4. The number of benzene rings is 1. The van der Waals surface area contributed by atoms with Gasteiger partial charge in [-0.25, -0.2) is 4.99 Å². The minimum Gasteiger partial charge on any atom is -0.260 e. The van der Waals surface area contributed by atoms with Crippen LogP contribution in [0, 0.1) is 6.92 Å². The summed E-state index contributed by atoms with van der Waals surface area (Å²) in [7, 11) is 0. The van der Waals surface area contributed by atoms with Crippen LogP contribution >= 0.6 is 11.8 Å². The lowest BCUT2D eigenvalue weighted by Crippen LogP contribution is -2.04. The molecule has 0 N–H and O–H groups in total. The van der Waals surface area contributed by atoms with E-state index in [4.69, 9.17) is 4.99 Å². The molecule has 112 valence electrons. The van der Waals surface area contributed by atoms with Gasteiger partial charge in [0.1, 0.15) is 0 Å². The van der Waals surface area contributed by atoms with Gasteiger partial charge in [-0.2, -0.15) is 0 Å². The molecule has 0 amide bonds. The third-order valence-electron chi connectivity index (χ3n) is 3.68. The second kappa shape index (κ2) is 6.88. The molecule has 0 atom stereocenters. The number of hydrogen-bond acceptors (Lipinski definition) is 4. The van der Waals surface area contributed by atoms with Gasteiger partial charge in [0.25, 0.3) is 0 Å². The molecule has 0 saturated carbocycles. The summed E-state index contributed by atoms with van der Waals surface area (Å²) in [4.78, 5) is 13.6. The first-order valence-electron chi connectivity index (χ1n) is 7.51. The SMILES string of the molecule is CCc1ccc(C2=NC(SCc3ccccn3)=NC2)c(C)c1. The van der Waals surface area contributed by atoms with Gasteiger partial charge in [-0.05, 0) is 36.6 Å². The summed E-state index contributed by atoms with van der Waals surface area (Å²) < 4.78 is 0. The van der Waals surface area contributed by atoms with Gasteiger partial charge in [-0.1, -0.05) is 43.0 Å². The Balaban J connectivity index is 1.68. The summed E-state index contributed by atoms with van der Waals surface area (Å²) in [5.74, 6) is 0.810. The highest BCUT2D eigenvalue weighted by Crippen LogP contribution is 2.20. The Kier molecular flexibility index (Phi) is 4.68. The van der Waals surface area contributed by atoms with Gasteiger partial charge in [0, 0.05) is 17.5 Å². The van der Waals surface area contributed by atoms with E-state index in [1.54, 1.807) is 11.8 Å². The van der Waals surface area contributed by atoms with Crippen LogP contribution in [0.5, 0.6) is 0 Å². The molecule has 22 heavy (non-hydrogen) atoms. The van der Waals surface area contributed by atoms with Crippen molar-refractivity contribution in [3.8, 4) is 0 Å². The van der Waals surface area contributed by atoms with Crippen molar-refractivity contribution in [3.05, 3.63) is 65.0 Å². The predicted octanol–water partition coefficient (Wildman–Crippen LogP) is 4.04. The highest BCUT2D eigenvalue weighted by atomic mass is 32.2. The highest BCUT2D eigenvalue weighted by Gasteiger charge is 2.14. The maximum atomic E-state index is 4.69. The van der Waals surface area contributed by atoms with E-state index in [0.717, 1.165) is 28.7 Å². The van der Waals surface area contributed by atoms with E-state index in [0.29, 0.717) is 6.54 Å². The van der Waals surface area contributed by atoms with Crippen molar-refractivity contribution in [2.75, 3.05) is 6.54 Å². The van der Waals surface area contributed by atoms with Crippen LogP contribution in [0.2, 0.25) is 0 Å². The van der Waals surface area contributed by atoms with Crippen molar-refractivity contribution < 1.29 is 0 Å². The molecular formula is C18H19N3S. The number of aryl methyl sites for hydroxylation is 2. The molecule has 0 spiro atoms. The number of aliphatic imine (C=N–C) groups is 2. The molecule has 2 heterocycles. The third-order valence-corrected chi connectivity index (χ3v) is 4.60. The van der Waals surface area contributed by atoms with Crippen LogP contribution in [-0.2, 0) is 12.2 Å². The summed E-state index contributed by atoms with van der Waals surface area (Å²) in [5, 5.41) is 0.861. The Labute approximate surface area is 135 Å². The molecular weight excluding hydrogens is 290 g/mol. The monoisotopic (exact) mass is 309 g/mol. The molecule has 1 aliphatic rings. The van der Waals surface area contributed by atoms with Crippen LogP contribution < -0.4 is 0 Å². The smallest absolute Gasteiger partial charge is 0.183 e. The lowest BCUT2D eigenvalue weighted by Gasteiger charge is -2.06. The van der Waals surface area contributed by atoms with Gasteiger partial charge in [0.2, 0.25) is 0 Å². The molecule has 0 fully saturated rings. The number of amidine groups is 1. The average Bonchev–Trinajstić information content (AvgIpc) is 3.02. The first-order chi connectivity index (χ1) is 10.8. The molecule has 0 bridgehead atoms. The molecule has 0 radical (unpaired) electrons. The zero-order valence-electron chi connectivity index (χ0n) is 12.9. The maximum absolute atomic E-state index is 4.69. The Morgan fingerprint density at radius 1 is 1.18 bits per heavy atom. The van der Waals surface area contributed by atoms with E-state index in [-0.39, 0.29) is 0 Å². The summed E-state index contributed by atoms with van der Waals surface area (Å²) in [6, 6.07) is 12.6. The number of hydrogen-bond donors (Lipinski definition) is 0. The van der Waals surface area contributed by atoms with Gasteiger partial charge in [0.05, 0.1) is 18.0 Å².